The standard InChI is InChI=1S/C15H16FN3O2/c1-18(2)13-5-3-4-12(9-13)17-10-11-6-7-15(19(20)21)14(16)8-11/h3-9,17H,10H2,1-2H3. The second-order valence-corrected chi connectivity index (χ2v) is 4.84. The molecule has 0 heterocycles. The van der Waals surface area contributed by atoms with Crippen molar-refractivity contribution in [1.29, 1.82) is 0 Å². The Morgan fingerprint density at radius 3 is 2.62 bits per heavy atom. The molecule has 110 valence electrons. The van der Waals surface area contributed by atoms with Crippen molar-refractivity contribution < 1.29 is 9.31 Å². The van der Waals surface area contributed by atoms with E-state index in [1.807, 2.05) is 43.3 Å². The molecule has 0 bridgehead atoms. The Labute approximate surface area is 122 Å². The van der Waals surface area contributed by atoms with Gasteiger partial charge in [0.25, 0.3) is 0 Å². The Bertz CT molecular complexity index is 659. The van der Waals surface area contributed by atoms with Crippen LogP contribution in [0.4, 0.5) is 21.5 Å². The van der Waals surface area contributed by atoms with Gasteiger partial charge in [-0.05, 0) is 29.8 Å². The molecule has 0 aromatic heterocycles. The normalized spacial score (nSPS) is 10.2. The van der Waals surface area contributed by atoms with Gasteiger partial charge in [-0.15, -0.1) is 0 Å². The summed E-state index contributed by atoms with van der Waals surface area (Å²) >= 11 is 0. The van der Waals surface area contributed by atoms with Crippen LogP contribution in [0.2, 0.25) is 0 Å². The van der Waals surface area contributed by atoms with Crippen LogP contribution in [-0.2, 0) is 6.54 Å². The molecule has 0 fully saturated rings. The van der Waals surface area contributed by atoms with Crippen LogP contribution in [0.5, 0.6) is 0 Å². The summed E-state index contributed by atoms with van der Waals surface area (Å²) in [5, 5.41) is 13.7. The zero-order valence-corrected chi connectivity index (χ0v) is 11.8. The van der Waals surface area contributed by atoms with Gasteiger partial charge in [-0.3, -0.25) is 10.1 Å². The molecule has 0 aliphatic rings. The van der Waals surface area contributed by atoms with Gasteiger partial charge < -0.3 is 10.2 Å². The van der Waals surface area contributed by atoms with Gasteiger partial charge in [0.1, 0.15) is 0 Å². The van der Waals surface area contributed by atoms with Gasteiger partial charge in [-0.2, -0.15) is 4.39 Å². The maximum atomic E-state index is 13.5. The third-order valence-electron chi connectivity index (χ3n) is 3.07. The summed E-state index contributed by atoms with van der Waals surface area (Å²) in [5.41, 5.74) is 2.09. The fourth-order valence-corrected chi connectivity index (χ4v) is 1.91. The minimum Gasteiger partial charge on any atom is -0.381 e. The van der Waals surface area contributed by atoms with Crippen molar-refractivity contribution in [3.8, 4) is 0 Å². The average molecular weight is 289 g/mol. The van der Waals surface area contributed by atoms with E-state index in [1.165, 1.54) is 12.1 Å². The maximum Gasteiger partial charge on any atom is 0.304 e. The molecule has 21 heavy (non-hydrogen) atoms. The number of anilines is 2. The van der Waals surface area contributed by atoms with Gasteiger partial charge in [0, 0.05) is 38.1 Å². The Kier molecular flexibility index (Phi) is 4.37. The number of nitrogens with one attached hydrogen (secondary N) is 1. The van der Waals surface area contributed by atoms with E-state index in [0.717, 1.165) is 11.4 Å². The number of hydrogen-bond acceptors (Lipinski definition) is 4. The molecular weight excluding hydrogens is 273 g/mol. The van der Waals surface area contributed by atoms with E-state index in [0.29, 0.717) is 12.1 Å². The molecule has 2 aromatic rings. The first kappa shape index (κ1) is 14.8. The summed E-state index contributed by atoms with van der Waals surface area (Å²) in [5.74, 6) is -0.818. The minimum atomic E-state index is -0.818. The smallest absolute Gasteiger partial charge is 0.304 e. The number of halogens is 1. The maximum absolute atomic E-state index is 13.5. The van der Waals surface area contributed by atoms with E-state index in [2.05, 4.69) is 5.32 Å². The summed E-state index contributed by atoms with van der Waals surface area (Å²) in [6.07, 6.45) is 0. The number of benzene rings is 2. The zero-order valence-electron chi connectivity index (χ0n) is 11.8. The Morgan fingerprint density at radius 2 is 2.00 bits per heavy atom. The van der Waals surface area contributed by atoms with Crippen LogP contribution in [0, 0.1) is 15.9 Å². The molecule has 0 atom stereocenters. The summed E-state index contributed by atoms with van der Waals surface area (Å²) < 4.78 is 13.5. The van der Waals surface area contributed by atoms with Gasteiger partial charge in [0.2, 0.25) is 5.82 Å². The van der Waals surface area contributed by atoms with Crippen LogP contribution in [0.15, 0.2) is 42.5 Å². The number of nitrogens with zero attached hydrogens (tertiary/aromatic N) is 2. The molecule has 2 rings (SSSR count). The number of rotatable bonds is 5. The largest absolute Gasteiger partial charge is 0.381 e. The topological polar surface area (TPSA) is 58.4 Å². The molecule has 1 N–H and O–H groups in total. The first-order valence-electron chi connectivity index (χ1n) is 6.41. The minimum absolute atomic E-state index is 0.395. The highest BCUT2D eigenvalue weighted by molar-refractivity contribution is 5.57. The lowest BCUT2D eigenvalue weighted by Gasteiger charge is -2.14. The number of nitro benzene ring substituents is 1. The lowest BCUT2D eigenvalue weighted by molar-refractivity contribution is -0.387. The fourth-order valence-electron chi connectivity index (χ4n) is 1.91. The first-order valence-corrected chi connectivity index (χ1v) is 6.41. The van der Waals surface area contributed by atoms with Crippen molar-refractivity contribution in [1.82, 2.24) is 0 Å². The van der Waals surface area contributed by atoms with Crippen LogP contribution in [-0.4, -0.2) is 19.0 Å². The van der Waals surface area contributed by atoms with Crippen LogP contribution >= 0.6 is 0 Å². The Balaban J connectivity index is 2.08. The number of nitro groups is 1. The summed E-state index contributed by atoms with van der Waals surface area (Å²) in [7, 11) is 3.90. The van der Waals surface area contributed by atoms with Crippen molar-refractivity contribution in [2.24, 2.45) is 0 Å². The van der Waals surface area contributed by atoms with E-state index >= 15 is 0 Å². The van der Waals surface area contributed by atoms with Gasteiger partial charge >= 0.3 is 5.69 Å². The van der Waals surface area contributed by atoms with E-state index in [4.69, 9.17) is 0 Å². The highest BCUT2D eigenvalue weighted by Gasteiger charge is 2.13. The molecule has 6 heteroatoms. The van der Waals surface area contributed by atoms with Crippen molar-refractivity contribution in [2.75, 3.05) is 24.3 Å². The molecule has 0 saturated heterocycles. The quantitative estimate of drug-likeness (QED) is 0.677. The molecule has 0 aliphatic carbocycles. The van der Waals surface area contributed by atoms with E-state index < -0.39 is 16.4 Å². The van der Waals surface area contributed by atoms with E-state index in [-0.39, 0.29) is 0 Å². The highest BCUT2D eigenvalue weighted by Crippen LogP contribution is 2.20. The first-order chi connectivity index (χ1) is 9.97. The fraction of sp³-hybridized carbons (Fsp3) is 0.200. The summed E-state index contributed by atoms with van der Waals surface area (Å²) in [4.78, 5) is 11.8. The van der Waals surface area contributed by atoms with Gasteiger partial charge in [0.05, 0.1) is 4.92 Å². The predicted octanol–water partition coefficient (Wildman–Crippen LogP) is 3.41. The predicted molar refractivity (Wildman–Crippen MR) is 81.2 cm³/mol. The molecule has 5 nitrogen and oxygen atoms in total. The third kappa shape index (κ3) is 3.68. The van der Waals surface area contributed by atoms with E-state index in [9.17, 15) is 14.5 Å². The summed E-state index contributed by atoms with van der Waals surface area (Å²) in [6.45, 7) is 0.395. The lowest BCUT2D eigenvalue weighted by Crippen LogP contribution is -2.09. The molecule has 0 radical (unpaired) electrons. The molecule has 2 aromatic carbocycles. The van der Waals surface area contributed by atoms with Crippen molar-refractivity contribution in [2.45, 2.75) is 6.54 Å². The Morgan fingerprint density at radius 1 is 1.24 bits per heavy atom. The SMILES string of the molecule is CN(C)c1cccc(NCc2ccc([N+](=O)[O-])c(F)c2)c1. The monoisotopic (exact) mass is 289 g/mol. The summed E-state index contributed by atoms with van der Waals surface area (Å²) in [6, 6.07) is 11.7. The van der Waals surface area contributed by atoms with Crippen molar-refractivity contribution in [3.05, 3.63) is 64.0 Å². The molecule has 0 saturated carbocycles. The van der Waals surface area contributed by atoms with Crippen LogP contribution in [0.3, 0.4) is 0 Å². The Hall–Kier alpha value is -2.63. The van der Waals surface area contributed by atoms with Crippen LogP contribution in [0.25, 0.3) is 0 Å². The van der Waals surface area contributed by atoms with Gasteiger partial charge in [0.15, 0.2) is 0 Å². The highest BCUT2D eigenvalue weighted by atomic mass is 19.1. The second kappa shape index (κ2) is 6.21. The molecule has 0 spiro atoms. The zero-order chi connectivity index (χ0) is 15.4. The molecule has 0 unspecified atom stereocenters. The van der Waals surface area contributed by atoms with Gasteiger partial charge in [-0.25, -0.2) is 0 Å². The number of hydrogen-bond donors (Lipinski definition) is 1. The average Bonchev–Trinajstić information content (AvgIpc) is 2.45. The van der Waals surface area contributed by atoms with Crippen molar-refractivity contribution >= 4 is 17.1 Å². The molecule has 0 amide bonds. The van der Waals surface area contributed by atoms with Crippen LogP contribution in [0.1, 0.15) is 5.56 Å². The van der Waals surface area contributed by atoms with E-state index in [1.54, 1.807) is 6.07 Å². The van der Waals surface area contributed by atoms with Crippen LogP contribution < -0.4 is 10.2 Å². The van der Waals surface area contributed by atoms with Crippen molar-refractivity contribution in [3.63, 3.8) is 0 Å². The lowest BCUT2D eigenvalue weighted by atomic mass is 10.2. The molecule has 0 aliphatic heterocycles. The third-order valence-corrected chi connectivity index (χ3v) is 3.07. The second-order valence-electron chi connectivity index (χ2n) is 4.84. The van der Waals surface area contributed by atoms with Gasteiger partial charge in [-0.1, -0.05) is 12.1 Å². The molecular formula is C15H16FN3O2.